The summed E-state index contributed by atoms with van der Waals surface area (Å²) < 4.78 is 0. The molecule has 178 valence electrons. The molecule has 0 saturated heterocycles. The highest BCUT2D eigenvalue weighted by atomic mass is 16.3. The summed E-state index contributed by atoms with van der Waals surface area (Å²) in [5.74, 6) is 4.15. The van der Waals surface area contributed by atoms with Gasteiger partial charge in [0.1, 0.15) is 5.78 Å². The molecule has 0 bridgehead atoms. The van der Waals surface area contributed by atoms with Crippen molar-refractivity contribution in [2.45, 2.75) is 117 Å². The van der Waals surface area contributed by atoms with E-state index in [9.17, 15) is 15.0 Å². The lowest BCUT2D eigenvalue weighted by molar-refractivity contribution is -0.203. The topological polar surface area (TPSA) is 57.5 Å². The van der Waals surface area contributed by atoms with Gasteiger partial charge >= 0.3 is 0 Å². The Hall–Kier alpha value is -0.410. The van der Waals surface area contributed by atoms with Crippen LogP contribution in [0.3, 0.4) is 0 Å². The van der Waals surface area contributed by atoms with Crippen molar-refractivity contribution < 1.29 is 15.0 Å². The number of aliphatic hydroxyl groups excluding tert-OH is 2. The number of aliphatic hydroxyl groups is 2. The largest absolute Gasteiger partial charge is 0.393 e. The standard InChI is InChI=1S/C28H48O3/c1-6-18(29)9-8-17(3)21-10-11-22-25-23(13-15-27(21,22)4)28(5)14-12-19(30)16-24(28)20(7-2)26(25)31/h17,19-26,30-31H,6-16H2,1-5H3/t17-,19-,20-,21-,22+,23+,24?,25-,26-,27-,28?/m1/s1. The van der Waals surface area contributed by atoms with Crippen molar-refractivity contribution in [1.29, 1.82) is 0 Å². The molecule has 2 N–H and O–H groups in total. The summed E-state index contributed by atoms with van der Waals surface area (Å²) in [6, 6.07) is 0. The van der Waals surface area contributed by atoms with Gasteiger partial charge < -0.3 is 10.2 Å². The zero-order valence-corrected chi connectivity index (χ0v) is 20.8. The SMILES string of the molecule is CCC(=O)CC[C@@H](C)[C@H]1CC[C@H]2[C@H]3[C@H](O)[C@H](CC)C4C[C@H](O)CCC4(C)[C@H]3CC[C@]12C. The molecule has 0 heterocycles. The minimum atomic E-state index is -0.210. The number of Topliss-reactive ketones (excluding diaryl/α,β-unsaturated/α-hetero) is 1. The Bertz CT molecular complexity index is 661. The van der Waals surface area contributed by atoms with E-state index in [0.29, 0.717) is 59.0 Å². The number of fused-ring (bicyclic) bond motifs is 5. The number of hydrogen-bond acceptors (Lipinski definition) is 3. The normalized spacial score (nSPS) is 50.3. The summed E-state index contributed by atoms with van der Waals surface area (Å²) in [6.45, 7) is 11.7. The van der Waals surface area contributed by atoms with E-state index >= 15 is 0 Å². The second kappa shape index (κ2) is 8.75. The summed E-state index contributed by atoms with van der Waals surface area (Å²) >= 11 is 0. The van der Waals surface area contributed by atoms with E-state index in [2.05, 4.69) is 27.7 Å². The Labute approximate surface area is 190 Å². The van der Waals surface area contributed by atoms with Gasteiger partial charge in [0.05, 0.1) is 12.2 Å². The van der Waals surface area contributed by atoms with Crippen LogP contribution in [0.25, 0.3) is 0 Å². The Kier molecular flexibility index (Phi) is 6.70. The highest BCUT2D eigenvalue weighted by molar-refractivity contribution is 5.77. The molecule has 0 aromatic carbocycles. The van der Waals surface area contributed by atoms with Crippen LogP contribution in [0.1, 0.15) is 105 Å². The number of carbonyl (C=O) groups excluding carboxylic acids is 1. The minimum absolute atomic E-state index is 0.174. The zero-order valence-electron chi connectivity index (χ0n) is 20.8. The molecule has 31 heavy (non-hydrogen) atoms. The second-order valence-corrected chi connectivity index (χ2v) is 12.5. The van der Waals surface area contributed by atoms with E-state index in [1.807, 2.05) is 6.92 Å². The van der Waals surface area contributed by atoms with Gasteiger partial charge in [0.25, 0.3) is 0 Å². The third-order valence-corrected chi connectivity index (χ3v) is 11.4. The van der Waals surface area contributed by atoms with E-state index in [4.69, 9.17) is 0 Å². The molecule has 0 aliphatic heterocycles. The van der Waals surface area contributed by atoms with Crippen molar-refractivity contribution in [2.75, 3.05) is 0 Å². The average Bonchev–Trinajstić information content (AvgIpc) is 3.10. The number of carbonyl (C=O) groups is 1. The minimum Gasteiger partial charge on any atom is -0.393 e. The molecule has 4 fully saturated rings. The van der Waals surface area contributed by atoms with Gasteiger partial charge in [0.15, 0.2) is 0 Å². The Morgan fingerprint density at radius 1 is 0.968 bits per heavy atom. The van der Waals surface area contributed by atoms with Crippen LogP contribution in [-0.4, -0.2) is 28.2 Å². The second-order valence-electron chi connectivity index (χ2n) is 12.5. The van der Waals surface area contributed by atoms with E-state index in [1.54, 1.807) is 0 Å². The molecule has 4 saturated carbocycles. The van der Waals surface area contributed by atoms with E-state index in [1.165, 1.54) is 25.7 Å². The van der Waals surface area contributed by atoms with Crippen LogP contribution in [0.2, 0.25) is 0 Å². The maximum atomic E-state index is 11.9. The first-order valence-corrected chi connectivity index (χ1v) is 13.5. The number of rotatable bonds is 6. The molecule has 0 spiro atoms. The van der Waals surface area contributed by atoms with Crippen molar-refractivity contribution in [1.82, 2.24) is 0 Å². The molecule has 3 heteroatoms. The quantitative estimate of drug-likeness (QED) is 0.540. The van der Waals surface area contributed by atoms with Gasteiger partial charge in [0, 0.05) is 12.8 Å². The lowest BCUT2D eigenvalue weighted by atomic mass is 9.41. The van der Waals surface area contributed by atoms with Crippen LogP contribution in [-0.2, 0) is 4.79 Å². The van der Waals surface area contributed by atoms with Crippen LogP contribution in [0, 0.1) is 52.3 Å². The van der Waals surface area contributed by atoms with Gasteiger partial charge in [-0.1, -0.05) is 41.0 Å². The van der Waals surface area contributed by atoms with E-state index in [0.717, 1.165) is 38.5 Å². The van der Waals surface area contributed by atoms with Crippen molar-refractivity contribution in [3.63, 3.8) is 0 Å². The lowest BCUT2D eigenvalue weighted by Gasteiger charge is -2.64. The summed E-state index contributed by atoms with van der Waals surface area (Å²) in [5.41, 5.74) is 0.592. The van der Waals surface area contributed by atoms with E-state index < -0.39 is 0 Å². The molecule has 0 amide bonds. The van der Waals surface area contributed by atoms with Crippen molar-refractivity contribution in [2.24, 2.45) is 52.3 Å². The Morgan fingerprint density at radius 3 is 2.32 bits per heavy atom. The van der Waals surface area contributed by atoms with Crippen molar-refractivity contribution in [3.8, 4) is 0 Å². The predicted molar refractivity (Wildman–Crippen MR) is 125 cm³/mol. The zero-order chi connectivity index (χ0) is 22.6. The summed E-state index contributed by atoms with van der Waals surface area (Å²) in [5, 5.41) is 22.2. The lowest BCUT2D eigenvalue weighted by Crippen LogP contribution is -2.62. The van der Waals surface area contributed by atoms with Crippen LogP contribution in [0.15, 0.2) is 0 Å². The average molecular weight is 433 g/mol. The first-order valence-electron chi connectivity index (χ1n) is 13.5. The molecule has 0 aromatic rings. The van der Waals surface area contributed by atoms with Crippen molar-refractivity contribution >= 4 is 5.78 Å². The van der Waals surface area contributed by atoms with E-state index in [-0.39, 0.29) is 17.6 Å². The first-order chi connectivity index (χ1) is 14.7. The van der Waals surface area contributed by atoms with Crippen molar-refractivity contribution in [3.05, 3.63) is 0 Å². The Morgan fingerprint density at radius 2 is 1.65 bits per heavy atom. The molecule has 4 aliphatic carbocycles. The van der Waals surface area contributed by atoms with Crippen LogP contribution < -0.4 is 0 Å². The summed E-state index contributed by atoms with van der Waals surface area (Å²) in [4.78, 5) is 11.9. The molecule has 2 unspecified atom stereocenters. The molecule has 0 radical (unpaired) electrons. The number of ketones is 1. The molecule has 11 atom stereocenters. The van der Waals surface area contributed by atoms with Gasteiger partial charge in [-0.3, -0.25) is 4.79 Å². The van der Waals surface area contributed by atoms with Gasteiger partial charge in [-0.25, -0.2) is 0 Å². The third kappa shape index (κ3) is 3.74. The Balaban J connectivity index is 1.58. The van der Waals surface area contributed by atoms with Gasteiger partial charge in [-0.15, -0.1) is 0 Å². The fourth-order valence-electron chi connectivity index (χ4n) is 9.70. The highest BCUT2D eigenvalue weighted by Crippen LogP contribution is 2.69. The molecule has 4 aliphatic rings. The monoisotopic (exact) mass is 432 g/mol. The molecular weight excluding hydrogens is 384 g/mol. The highest BCUT2D eigenvalue weighted by Gasteiger charge is 2.64. The maximum absolute atomic E-state index is 11.9. The molecule has 0 aromatic heterocycles. The molecule has 3 nitrogen and oxygen atoms in total. The predicted octanol–water partition coefficient (Wildman–Crippen LogP) is 6.01. The van der Waals surface area contributed by atoms with Crippen LogP contribution in [0.5, 0.6) is 0 Å². The molecular formula is C28H48O3. The smallest absolute Gasteiger partial charge is 0.132 e. The van der Waals surface area contributed by atoms with Crippen LogP contribution >= 0.6 is 0 Å². The summed E-state index contributed by atoms with van der Waals surface area (Å²) in [7, 11) is 0. The molecule has 4 rings (SSSR count). The van der Waals surface area contributed by atoms with Crippen LogP contribution in [0.4, 0.5) is 0 Å². The maximum Gasteiger partial charge on any atom is 0.132 e. The first kappa shape index (κ1) is 23.7. The van der Waals surface area contributed by atoms with Gasteiger partial charge in [0.2, 0.25) is 0 Å². The fourth-order valence-corrected chi connectivity index (χ4v) is 9.70. The van der Waals surface area contributed by atoms with Gasteiger partial charge in [-0.05, 0) is 104 Å². The fraction of sp³-hybridized carbons (Fsp3) is 0.964. The van der Waals surface area contributed by atoms with Gasteiger partial charge in [-0.2, -0.15) is 0 Å². The number of hydrogen-bond donors (Lipinski definition) is 2. The summed E-state index contributed by atoms with van der Waals surface area (Å²) in [6.07, 6.45) is 11.1. The third-order valence-electron chi connectivity index (χ3n) is 11.4.